The van der Waals surface area contributed by atoms with E-state index in [9.17, 15) is 9.59 Å². The van der Waals surface area contributed by atoms with Crippen LogP contribution < -0.4 is 19.7 Å². The van der Waals surface area contributed by atoms with E-state index in [-0.39, 0.29) is 84.3 Å². The zero-order chi connectivity index (χ0) is 37.0. The molecule has 0 bridgehead atoms. The summed E-state index contributed by atoms with van der Waals surface area (Å²) in [6, 6.07) is 5.80. The molecular formula is C38H45F3N6O5. The quantitative estimate of drug-likeness (QED) is 0.117. The summed E-state index contributed by atoms with van der Waals surface area (Å²) in [6.45, 7) is 5.80. The molecule has 4 aromatic rings. The maximum Gasteiger partial charge on any atom is 0.319 e. The highest BCUT2D eigenvalue weighted by atomic mass is 19.1. The van der Waals surface area contributed by atoms with Crippen LogP contribution in [0.25, 0.3) is 32.9 Å². The number of nitrogens with one attached hydrogen (secondary N) is 1. The smallest absolute Gasteiger partial charge is 0.319 e. The maximum absolute atomic E-state index is 17.2. The molecule has 2 aromatic heterocycles. The van der Waals surface area contributed by atoms with Crippen molar-refractivity contribution < 1.29 is 37.0 Å². The van der Waals surface area contributed by atoms with Gasteiger partial charge in [-0.1, -0.05) is 19.4 Å². The first-order chi connectivity index (χ1) is 25.0. The van der Waals surface area contributed by atoms with Crippen LogP contribution in [0.1, 0.15) is 57.9 Å². The summed E-state index contributed by atoms with van der Waals surface area (Å²) in [6.07, 6.45) is 5.25. The molecular weight excluding hydrogens is 677 g/mol. The minimum Gasteiger partial charge on any atom is -0.461 e. The minimum absolute atomic E-state index is 0.0621. The van der Waals surface area contributed by atoms with Gasteiger partial charge in [-0.15, -0.1) is 0 Å². The van der Waals surface area contributed by atoms with Crippen LogP contribution in [0.3, 0.4) is 0 Å². The molecule has 0 radical (unpaired) electrons. The SMILES string of the molecule is CCCC1(COc2nc(N3CC(F)CC(C)(NC=O)C3)c3cnc(-c4cc(OC=O)cc5ccc(F)c(CCCOC)c45)c(F)c3n2)CCCN1C. The number of rotatable bonds is 15. The molecule has 4 heterocycles. The third-order valence-corrected chi connectivity index (χ3v) is 10.5. The van der Waals surface area contributed by atoms with E-state index in [0.717, 1.165) is 32.2 Å². The van der Waals surface area contributed by atoms with Gasteiger partial charge in [-0.05, 0) is 87.2 Å². The van der Waals surface area contributed by atoms with Crippen LogP contribution in [0.4, 0.5) is 19.0 Å². The summed E-state index contributed by atoms with van der Waals surface area (Å²) < 4.78 is 64.8. The molecule has 52 heavy (non-hydrogen) atoms. The highest BCUT2D eigenvalue weighted by Gasteiger charge is 2.40. The Kier molecular flexibility index (Phi) is 11.2. The Balaban J connectivity index is 1.55. The van der Waals surface area contributed by atoms with Gasteiger partial charge in [-0.25, -0.2) is 13.2 Å². The van der Waals surface area contributed by atoms with Crippen molar-refractivity contribution in [2.45, 2.75) is 76.0 Å². The summed E-state index contributed by atoms with van der Waals surface area (Å²) >= 11 is 0. The van der Waals surface area contributed by atoms with Crippen LogP contribution in [-0.4, -0.2) is 97.0 Å². The number of piperidine rings is 1. The number of aryl methyl sites for hydroxylation is 1. The van der Waals surface area contributed by atoms with Crippen LogP contribution in [0.2, 0.25) is 0 Å². The summed E-state index contributed by atoms with van der Waals surface area (Å²) in [4.78, 5) is 40.7. The van der Waals surface area contributed by atoms with Gasteiger partial charge >= 0.3 is 6.01 Å². The predicted molar refractivity (Wildman–Crippen MR) is 191 cm³/mol. The molecule has 14 heteroatoms. The monoisotopic (exact) mass is 722 g/mol. The van der Waals surface area contributed by atoms with Crippen molar-refractivity contribution in [1.82, 2.24) is 25.2 Å². The third kappa shape index (κ3) is 7.36. The van der Waals surface area contributed by atoms with Gasteiger partial charge in [-0.2, -0.15) is 9.97 Å². The van der Waals surface area contributed by atoms with Crippen molar-refractivity contribution in [1.29, 1.82) is 0 Å². The van der Waals surface area contributed by atoms with Crippen molar-refractivity contribution >= 4 is 40.4 Å². The van der Waals surface area contributed by atoms with Crippen molar-refractivity contribution in [2.75, 3.05) is 51.9 Å². The lowest BCUT2D eigenvalue weighted by Gasteiger charge is -2.42. The number of nitrogens with zero attached hydrogens (tertiary/aromatic N) is 5. The second-order valence-corrected chi connectivity index (χ2v) is 14.2. The fourth-order valence-electron chi connectivity index (χ4n) is 8.01. The number of aromatic nitrogens is 3. The number of carbonyl (C=O) groups is 2. The van der Waals surface area contributed by atoms with E-state index in [1.807, 2.05) is 0 Å². The van der Waals surface area contributed by atoms with Crippen molar-refractivity contribution in [3.8, 4) is 23.0 Å². The number of carbonyl (C=O) groups excluding carboxylic acids is 2. The molecule has 2 saturated heterocycles. The molecule has 0 spiro atoms. The van der Waals surface area contributed by atoms with Gasteiger partial charge in [0.05, 0.1) is 23.0 Å². The number of methoxy groups -OCH3 is 1. The molecule has 0 aliphatic carbocycles. The topological polar surface area (TPSA) is 119 Å². The number of hydrogen-bond donors (Lipinski definition) is 1. The standard InChI is InChI=1S/C38H45F3N6O5/c1-5-11-38(12-7-13-46(38)3)21-51-36-44-34-29(35(45-36)47-19-25(39)17-37(2,20-47)43-22-48)18-42-33(32(34)41)28-16-26(52-23-49)15-24-9-10-30(40)27(31(24)28)8-6-14-50-4/h9-10,15-16,18,22-23,25H,5-8,11-14,17,19-21H2,1-4H3,(H,43,48). The molecule has 3 atom stereocenters. The molecule has 1 N–H and O–H groups in total. The molecule has 11 nitrogen and oxygen atoms in total. The Labute approximate surface area is 300 Å². The summed E-state index contributed by atoms with van der Waals surface area (Å²) in [5.41, 5.74) is -0.937. The fourth-order valence-corrected chi connectivity index (χ4v) is 8.01. The van der Waals surface area contributed by atoms with Crippen LogP contribution >= 0.6 is 0 Å². The molecule has 2 aliphatic heterocycles. The molecule has 2 aromatic carbocycles. The van der Waals surface area contributed by atoms with Gasteiger partial charge in [0, 0.05) is 38.4 Å². The van der Waals surface area contributed by atoms with Crippen LogP contribution in [0, 0.1) is 11.6 Å². The molecule has 3 unspecified atom stereocenters. The number of pyridine rings is 1. The number of hydrogen-bond acceptors (Lipinski definition) is 10. The Bertz CT molecular complexity index is 1950. The van der Waals surface area contributed by atoms with E-state index >= 15 is 13.2 Å². The second-order valence-electron chi connectivity index (χ2n) is 14.2. The Morgan fingerprint density at radius 1 is 1.17 bits per heavy atom. The molecule has 1 amide bonds. The van der Waals surface area contributed by atoms with E-state index in [1.54, 1.807) is 25.0 Å². The van der Waals surface area contributed by atoms with Crippen LogP contribution in [-0.2, 0) is 20.7 Å². The van der Waals surface area contributed by atoms with Gasteiger partial charge in [0.1, 0.15) is 41.4 Å². The Hall–Kier alpha value is -4.56. The largest absolute Gasteiger partial charge is 0.461 e. The zero-order valence-corrected chi connectivity index (χ0v) is 30.0. The number of benzene rings is 2. The number of alkyl halides is 1. The first kappa shape index (κ1) is 37.2. The van der Waals surface area contributed by atoms with Crippen molar-refractivity contribution in [3.63, 3.8) is 0 Å². The number of anilines is 1. The molecule has 2 aliphatic rings. The molecule has 2 fully saturated rings. The average molecular weight is 723 g/mol. The first-order valence-electron chi connectivity index (χ1n) is 17.7. The molecule has 278 valence electrons. The number of halogens is 3. The zero-order valence-electron chi connectivity index (χ0n) is 30.0. The number of ether oxygens (including phenoxy) is 3. The number of fused-ring (bicyclic) bond motifs is 2. The van der Waals surface area contributed by atoms with Crippen LogP contribution in [0.15, 0.2) is 30.5 Å². The van der Waals surface area contributed by atoms with Crippen molar-refractivity contribution in [3.05, 3.63) is 47.7 Å². The van der Waals surface area contributed by atoms with Crippen molar-refractivity contribution in [2.24, 2.45) is 0 Å². The summed E-state index contributed by atoms with van der Waals surface area (Å²) in [5.74, 6) is -0.998. The number of amides is 1. The number of likely N-dealkylation sites (N-methyl/N-ethyl adjacent to an activating group) is 1. The maximum atomic E-state index is 17.2. The summed E-state index contributed by atoms with van der Waals surface area (Å²) in [5, 5.41) is 3.86. The lowest BCUT2D eigenvalue weighted by Crippen LogP contribution is -2.58. The Morgan fingerprint density at radius 3 is 2.71 bits per heavy atom. The third-order valence-electron chi connectivity index (χ3n) is 10.5. The first-order valence-corrected chi connectivity index (χ1v) is 17.7. The van der Waals surface area contributed by atoms with Crippen LogP contribution in [0.5, 0.6) is 11.8 Å². The lowest BCUT2D eigenvalue weighted by molar-refractivity contribution is -0.120. The summed E-state index contributed by atoms with van der Waals surface area (Å²) in [7, 11) is 3.62. The minimum atomic E-state index is -1.32. The average Bonchev–Trinajstić information content (AvgIpc) is 3.47. The van der Waals surface area contributed by atoms with E-state index in [0.29, 0.717) is 35.8 Å². The highest BCUT2D eigenvalue weighted by molar-refractivity contribution is 6.02. The number of likely N-dealkylation sites (tertiary alicyclic amines) is 1. The van der Waals surface area contributed by atoms with Gasteiger partial charge < -0.3 is 24.4 Å². The molecule has 6 rings (SSSR count). The van der Waals surface area contributed by atoms with E-state index in [2.05, 4.69) is 34.2 Å². The van der Waals surface area contributed by atoms with Gasteiger partial charge in [0.15, 0.2) is 5.82 Å². The highest BCUT2D eigenvalue weighted by Crippen LogP contribution is 2.41. The van der Waals surface area contributed by atoms with Gasteiger partial charge in [0.25, 0.3) is 6.47 Å². The van der Waals surface area contributed by atoms with E-state index in [1.165, 1.54) is 24.4 Å². The second kappa shape index (κ2) is 15.6. The van der Waals surface area contributed by atoms with Gasteiger partial charge in [-0.3, -0.25) is 19.5 Å². The lowest BCUT2D eigenvalue weighted by atomic mass is 9.90. The Morgan fingerprint density at radius 2 is 2.00 bits per heavy atom. The normalized spacial score (nSPS) is 22.2. The van der Waals surface area contributed by atoms with Gasteiger partial charge in [0.2, 0.25) is 6.41 Å². The van der Waals surface area contributed by atoms with E-state index < -0.39 is 23.3 Å². The fraction of sp³-hybridized carbons (Fsp3) is 0.500. The molecule has 0 saturated carbocycles. The predicted octanol–water partition coefficient (Wildman–Crippen LogP) is 5.93. The van der Waals surface area contributed by atoms with E-state index in [4.69, 9.17) is 19.2 Å².